The predicted octanol–water partition coefficient (Wildman–Crippen LogP) is 5.40. The Balaban J connectivity index is 2.30. The molecule has 0 radical (unpaired) electrons. The molecule has 118 valence electrons. The Morgan fingerprint density at radius 3 is 1.50 bits per heavy atom. The molecule has 0 bridgehead atoms. The van der Waals surface area contributed by atoms with E-state index in [1.165, 1.54) is 11.1 Å². The standard InChI is InChI=1S/C19H26NOP/c1-19(2,3)22(4,21)20(15-17-11-7-5-8-12-17)16-18-13-9-6-10-14-18/h5-14H,15-16H2,1-4H3. The van der Waals surface area contributed by atoms with E-state index in [2.05, 4.69) is 49.7 Å². The summed E-state index contributed by atoms with van der Waals surface area (Å²) in [7, 11) is -2.48. The third kappa shape index (κ3) is 4.09. The van der Waals surface area contributed by atoms with Crippen molar-refractivity contribution in [2.24, 2.45) is 0 Å². The first-order valence-corrected chi connectivity index (χ1v) is 9.82. The minimum atomic E-state index is -2.48. The van der Waals surface area contributed by atoms with Crippen LogP contribution in [-0.2, 0) is 17.7 Å². The molecule has 2 nitrogen and oxygen atoms in total. The van der Waals surface area contributed by atoms with Crippen LogP contribution in [0.4, 0.5) is 0 Å². The average Bonchev–Trinajstić information content (AvgIpc) is 2.47. The monoisotopic (exact) mass is 315 g/mol. The normalized spacial score (nSPS) is 14.8. The van der Waals surface area contributed by atoms with Crippen molar-refractivity contribution in [1.82, 2.24) is 4.67 Å². The topological polar surface area (TPSA) is 20.3 Å². The number of benzene rings is 2. The van der Waals surface area contributed by atoms with Crippen LogP contribution in [0.1, 0.15) is 31.9 Å². The zero-order valence-corrected chi connectivity index (χ0v) is 14.9. The van der Waals surface area contributed by atoms with Gasteiger partial charge in [-0.25, -0.2) is 4.67 Å². The molecule has 0 aliphatic rings. The number of nitrogens with zero attached hydrogens (tertiary/aromatic N) is 1. The van der Waals surface area contributed by atoms with Crippen LogP contribution in [-0.4, -0.2) is 16.5 Å². The minimum absolute atomic E-state index is 0.240. The molecule has 0 amide bonds. The predicted molar refractivity (Wildman–Crippen MR) is 95.4 cm³/mol. The molecule has 0 saturated heterocycles. The van der Waals surface area contributed by atoms with Gasteiger partial charge >= 0.3 is 0 Å². The van der Waals surface area contributed by atoms with E-state index < -0.39 is 7.29 Å². The highest BCUT2D eigenvalue weighted by atomic mass is 31.2. The maximum absolute atomic E-state index is 13.5. The molecule has 0 saturated carbocycles. The fourth-order valence-corrected chi connectivity index (χ4v) is 4.05. The SMILES string of the molecule is CC(C)(C)P(C)(=O)N(Cc1ccccc1)Cc1ccccc1. The lowest BCUT2D eigenvalue weighted by atomic mass is 10.2. The highest BCUT2D eigenvalue weighted by Gasteiger charge is 2.37. The lowest BCUT2D eigenvalue weighted by Crippen LogP contribution is -2.29. The molecular weight excluding hydrogens is 289 g/mol. The lowest BCUT2D eigenvalue weighted by Gasteiger charge is -2.38. The Morgan fingerprint density at radius 1 is 0.818 bits per heavy atom. The van der Waals surface area contributed by atoms with Crippen molar-refractivity contribution in [3.05, 3.63) is 71.8 Å². The van der Waals surface area contributed by atoms with Gasteiger partial charge in [-0.15, -0.1) is 0 Å². The maximum Gasteiger partial charge on any atom is 0.153 e. The van der Waals surface area contributed by atoms with Crippen LogP contribution in [0.25, 0.3) is 0 Å². The Labute approximate surface area is 134 Å². The second-order valence-electron chi connectivity index (χ2n) is 6.84. The molecule has 1 unspecified atom stereocenters. The summed E-state index contributed by atoms with van der Waals surface area (Å²) in [6.45, 7) is 9.53. The molecule has 0 fully saturated rings. The summed E-state index contributed by atoms with van der Waals surface area (Å²) in [6.07, 6.45) is 0. The second-order valence-corrected chi connectivity index (χ2v) is 10.5. The molecule has 0 aliphatic carbocycles. The molecule has 0 spiro atoms. The molecule has 22 heavy (non-hydrogen) atoms. The summed E-state index contributed by atoms with van der Waals surface area (Å²) in [5.41, 5.74) is 2.40. The summed E-state index contributed by atoms with van der Waals surface area (Å²) >= 11 is 0. The van der Waals surface area contributed by atoms with Gasteiger partial charge in [0, 0.05) is 24.9 Å². The molecule has 2 rings (SSSR count). The van der Waals surface area contributed by atoms with Crippen molar-refractivity contribution in [2.75, 3.05) is 6.66 Å². The van der Waals surface area contributed by atoms with Gasteiger partial charge in [-0.05, 0) is 11.1 Å². The largest absolute Gasteiger partial charge is 0.306 e. The quantitative estimate of drug-likeness (QED) is 0.689. The van der Waals surface area contributed by atoms with Crippen molar-refractivity contribution < 1.29 is 4.57 Å². The fraction of sp³-hybridized carbons (Fsp3) is 0.368. The molecule has 0 heterocycles. The van der Waals surface area contributed by atoms with Crippen LogP contribution in [0.5, 0.6) is 0 Å². The van der Waals surface area contributed by atoms with Crippen molar-refractivity contribution in [1.29, 1.82) is 0 Å². The van der Waals surface area contributed by atoms with E-state index in [0.29, 0.717) is 13.1 Å². The number of rotatable bonds is 5. The zero-order chi connectivity index (χ0) is 16.2. The summed E-state index contributed by atoms with van der Waals surface area (Å²) in [4.78, 5) is 0. The molecule has 0 aromatic heterocycles. The first-order chi connectivity index (χ1) is 10.3. The van der Waals surface area contributed by atoms with Crippen LogP contribution in [0.2, 0.25) is 0 Å². The Hall–Kier alpha value is -1.37. The van der Waals surface area contributed by atoms with Crippen molar-refractivity contribution in [2.45, 2.75) is 39.0 Å². The number of hydrogen-bond donors (Lipinski definition) is 0. The van der Waals surface area contributed by atoms with E-state index in [0.717, 1.165) is 0 Å². The smallest absolute Gasteiger partial charge is 0.153 e. The van der Waals surface area contributed by atoms with Gasteiger partial charge in [-0.2, -0.15) is 0 Å². The Morgan fingerprint density at radius 2 is 1.18 bits per heavy atom. The molecule has 2 aromatic rings. The van der Waals surface area contributed by atoms with E-state index in [9.17, 15) is 4.57 Å². The summed E-state index contributed by atoms with van der Waals surface area (Å²) in [5, 5.41) is -0.240. The third-order valence-electron chi connectivity index (χ3n) is 4.20. The zero-order valence-electron chi connectivity index (χ0n) is 14.0. The van der Waals surface area contributed by atoms with Gasteiger partial charge in [0.05, 0.1) is 0 Å². The highest BCUT2D eigenvalue weighted by Crippen LogP contribution is 2.58. The Bertz CT molecular complexity index is 590. The summed E-state index contributed by atoms with van der Waals surface area (Å²) < 4.78 is 15.6. The maximum atomic E-state index is 13.5. The first kappa shape index (κ1) is 17.0. The van der Waals surface area contributed by atoms with Crippen LogP contribution < -0.4 is 0 Å². The van der Waals surface area contributed by atoms with Crippen LogP contribution in [0.3, 0.4) is 0 Å². The molecular formula is C19H26NOP. The summed E-state index contributed by atoms with van der Waals surface area (Å²) in [6, 6.07) is 20.6. The van der Waals surface area contributed by atoms with Crippen LogP contribution in [0, 0.1) is 0 Å². The minimum Gasteiger partial charge on any atom is -0.306 e. The van der Waals surface area contributed by atoms with Gasteiger partial charge in [0.15, 0.2) is 7.29 Å². The van der Waals surface area contributed by atoms with Gasteiger partial charge in [-0.3, -0.25) is 0 Å². The molecule has 2 aromatic carbocycles. The molecule has 3 heteroatoms. The van der Waals surface area contributed by atoms with Gasteiger partial charge in [-0.1, -0.05) is 81.4 Å². The van der Waals surface area contributed by atoms with Crippen molar-refractivity contribution >= 4 is 7.29 Å². The molecule has 0 N–H and O–H groups in total. The van der Waals surface area contributed by atoms with Crippen molar-refractivity contribution in [3.8, 4) is 0 Å². The second kappa shape index (κ2) is 6.81. The Kier molecular flexibility index (Phi) is 5.26. The van der Waals surface area contributed by atoms with Gasteiger partial charge in [0.1, 0.15) is 0 Å². The van der Waals surface area contributed by atoms with E-state index in [-0.39, 0.29) is 5.16 Å². The van der Waals surface area contributed by atoms with E-state index >= 15 is 0 Å². The van der Waals surface area contributed by atoms with E-state index in [1.54, 1.807) is 0 Å². The van der Waals surface area contributed by atoms with Gasteiger partial charge in [0.2, 0.25) is 0 Å². The molecule has 1 atom stereocenters. The van der Waals surface area contributed by atoms with Gasteiger partial charge in [0.25, 0.3) is 0 Å². The van der Waals surface area contributed by atoms with Crippen molar-refractivity contribution in [3.63, 3.8) is 0 Å². The van der Waals surface area contributed by atoms with E-state index in [1.807, 2.05) is 43.1 Å². The first-order valence-electron chi connectivity index (χ1n) is 7.71. The lowest BCUT2D eigenvalue weighted by molar-refractivity contribution is 0.385. The van der Waals surface area contributed by atoms with Gasteiger partial charge < -0.3 is 4.57 Å². The fourth-order valence-electron chi connectivity index (χ4n) is 2.34. The van der Waals surface area contributed by atoms with E-state index in [4.69, 9.17) is 0 Å². The number of hydrogen-bond acceptors (Lipinski definition) is 1. The summed E-state index contributed by atoms with van der Waals surface area (Å²) in [5.74, 6) is 0. The molecule has 0 aliphatic heterocycles. The average molecular weight is 315 g/mol. The highest BCUT2D eigenvalue weighted by molar-refractivity contribution is 7.62. The third-order valence-corrected chi connectivity index (χ3v) is 8.05. The van der Waals surface area contributed by atoms with Crippen LogP contribution >= 0.6 is 7.29 Å². The van der Waals surface area contributed by atoms with Crippen LogP contribution in [0.15, 0.2) is 60.7 Å².